The Labute approximate surface area is 96.9 Å². The second-order valence-electron chi connectivity index (χ2n) is 3.66. The topological polar surface area (TPSA) is 21.3 Å². The predicted molar refractivity (Wildman–Crippen MR) is 60.6 cm³/mol. The number of hydrogen-bond donors (Lipinski definition) is 1. The Hall–Kier alpha value is -0.610. The van der Waals surface area contributed by atoms with Crippen LogP contribution < -0.4 is 10.1 Å². The first kappa shape index (κ1) is 10.9. The van der Waals surface area contributed by atoms with Crippen LogP contribution in [0, 0.1) is 5.82 Å². The summed E-state index contributed by atoms with van der Waals surface area (Å²) in [4.78, 5) is 0. The Morgan fingerprint density at radius 3 is 2.93 bits per heavy atom. The van der Waals surface area contributed by atoms with Gasteiger partial charge in [-0.3, -0.25) is 0 Å². The van der Waals surface area contributed by atoms with Gasteiger partial charge in [0.2, 0.25) is 0 Å². The summed E-state index contributed by atoms with van der Waals surface area (Å²) in [6.07, 6.45) is 2.08. The van der Waals surface area contributed by atoms with Crippen molar-refractivity contribution >= 4 is 15.9 Å². The average molecular weight is 274 g/mol. The first-order valence-electron chi connectivity index (χ1n) is 4.98. The zero-order chi connectivity index (χ0) is 10.8. The molecule has 1 aromatic carbocycles. The van der Waals surface area contributed by atoms with E-state index in [2.05, 4.69) is 21.2 Å². The SMILES string of the molecule is COc1cc(Br)cc(C2CCCN2)c1F. The summed E-state index contributed by atoms with van der Waals surface area (Å²) < 4.78 is 19.8. The van der Waals surface area contributed by atoms with Crippen LogP contribution in [-0.2, 0) is 0 Å². The normalized spacial score (nSPS) is 20.6. The van der Waals surface area contributed by atoms with Crippen molar-refractivity contribution in [3.05, 3.63) is 28.0 Å². The van der Waals surface area contributed by atoms with Crippen LogP contribution in [0.25, 0.3) is 0 Å². The maximum Gasteiger partial charge on any atom is 0.169 e. The van der Waals surface area contributed by atoms with E-state index in [0.717, 1.165) is 23.9 Å². The molecule has 2 nitrogen and oxygen atoms in total. The Bertz CT molecular complexity index is 364. The molecule has 0 aliphatic carbocycles. The second kappa shape index (κ2) is 4.49. The zero-order valence-electron chi connectivity index (χ0n) is 8.52. The minimum atomic E-state index is -0.250. The van der Waals surface area contributed by atoms with E-state index >= 15 is 0 Å². The number of halogens is 2. The van der Waals surface area contributed by atoms with Gasteiger partial charge in [0.05, 0.1) is 7.11 Å². The van der Waals surface area contributed by atoms with Gasteiger partial charge in [0.15, 0.2) is 11.6 Å². The molecule has 0 radical (unpaired) electrons. The molecule has 1 unspecified atom stereocenters. The van der Waals surface area contributed by atoms with Crippen LogP contribution in [-0.4, -0.2) is 13.7 Å². The third kappa shape index (κ3) is 2.16. The molecule has 0 amide bonds. The van der Waals surface area contributed by atoms with Crippen molar-refractivity contribution in [2.75, 3.05) is 13.7 Å². The number of benzene rings is 1. The third-order valence-corrected chi connectivity index (χ3v) is 3.15. The molecule has 1 N–H and O–H groups in total. The van der Waals surface area contributed by atoms with Crippen molar-refractivity contribution in [3.63, 3.8) is 0 Å². The van der Waals surface area contributed by atoms with Crippen LogP contribution >= 0.6 is 15.9 Å². The molecule has 0 bridgehead atoms. The first-order chi connectivity index (χ1) is 7.22. The van der Waals surface area contributed by atoms with Gasteiger partial charge in [-0.2, -0.15) is 0 Å². The molecule has 1 saturated heterocycles. The molecule has 82 valence electrons. The maximum absolute atomic E-state index is 13.9. The Morgan fingerprint density at radius 1 is 1.53 bits per heavy atom. The van der Waals surface area contributed by atoms with E-state index in [4.69, 9.17) is 4.74 Å². The van der Waals surface area contributed by atoms with Gasteiger partial charge in [-0.25, -0.2) is 4.39 Å². The predicted octanol–water partition coefficient (Wildman–Crippen LogP) is 3.02. The standard InChI is InChI=1S/C11H13BrFNO/c1-15-10-6-7(12)5-8(11(10)13)9-3-2-4-14-9/h5-6,9,14H,2-4H2,1H3. The number of nitrogens with one attached hydrogen (secondary N) is 1. The summed E-state index contributed by atoms with van der Waals surface area (Å²) in [6.45, 7) is 0.957. The highest BCUT2D eigenvalue weighted by atomic mass is 79.9. The molecule has 2 rings (SSSR count). The van der Waals surface area contributed by atoms with Crippen molar-refractivity contribution in [2.45, 2.75) is 18.9 Å². The molecular formula is C11H13BrFNO. The molecule has 0 saturated carbocycles. The summed E-state index contributed by atoms with van der Waals surface area (Å²) in [5.74, 6) is 0.0492. The maximum atomic E-state index is 13.9. The van der Waals surface area contributed by atoms with Crippen LogP contribution in [0.3, 0.4) is 0 Å². The van der Waals surface area contributed by atoms with E-state index in [1.165, 1.54) is 7.11 Å². The molecule has 15 heavy (non-hydrogen) atoms. The highest BCUT2D eigenvalue weighted by molar-refractivity contribution is 9.10. The van der Waals surface area contributed by atoms with Crippen molar-refractivity contribution < 1.29 is 9.13 Å². The molecule has 1 aliphatic rings. The molecule has 1 aliphatic heterocycles. The smallest absolute Gasteiger partial charge is 0.169 e. The third-order valence-electron chi connectivity index (χ3n) is 2.69. The zero-order valence-corrected chi connectivity index (χ0v) is 10.1. The van der Waals surface area contributed by atoms with Gasteiger partial charge in [0, 0.05) is 16.1 Å². The summed E-state index contributed by atoms with van der Waals surface area (Å²) >= 11 is 3.36. The largest absolute Gasteiger partial charge is 0.494 e. The van der Waals surface area contributed by atoms with Crippen LogP contribution in [0.2, 0.25) is 0 Å². The van der Waals surface area contributed by atoms with Crippen LogP contribution in [0.5, 0.6) is 5.75 Å². The number of hydrogen-bond acceptors (Lipinski definition) is 2. The molecule has 0 spiro atoms. The molecular weight excluding hydrogens is 261 g/mol. The summed E-state index contributed by atoms with van der Waals surface area (Å²) in [6, 6.07) is 3.59. The highest BCUT2D eigenvalue weighted by Crippen LogP contribution is 2.33. The van der Waals surface area contributed by atoms with E-state index in [1.54, 1.807) is 6.07 Å². The van der Waals surface area contributed by atoms with Gasteiger partial charge in [0.1, 0.15) is 0 Å². The van der Waals surface area contributed by atoms with Gasteiger partial charge in [0.25, 0.3) is 0 Å². The summed E-state index contributed by atoms with van der Waals surface area (Å²) in [5.41, 5.74) is 0.693. The lowest BCUT2D eigenvalue weighted by Gasteiger charge is -2.14. The van der Waals surface area contributed by atoms with Crippen molar-refractivity contribution in [2.24, 2.45) is 0 Å². The summed E-state index contributed by atoms with van der Waals surface area (Å²) in [7, 11) is 1.48. The number of methoxy groups -OCH3 is 1. The summed E-state index contributed by atoms with van der Waals surface area (Å²) in [5, 5.41) is 3.28. The first-order valence-corrected chi connectivity index (χ1v) is 5.78. The van der Waals surface area contributed by atoms with Gasteiger partial charge in [-0.1, -0.05) is 15.9 Å². The molecule has 4 heteroatoms. The fourth-order valence-corrected chi connectivity index (χ4v) is 2.39. The van der Waals surface area contributed by atoms with Crippen molar-refractivity contribution in [3.8, 4) is 5.75 Å². The van der Waals surface area contributed by atoms with E-state index in [9.17, 15) is 4.39 Å². The van der Waals surface area contributed by atoms with E-state index < -0.39 is 0 Å². The average Bonchev–Trinajstić information content (AvgIpc) is 2.74. The molecule has 1 aromatic rings. The minimum absolute atomic E-state index is 0.122. The van der Waals surface area contributed by atoms with E-state index in [-0.39, 0.29) is 11.9 Å². The lowest BCUT2D eigenvalue weighted by molar-refractivity contribution is 0.381. The highest BCUT2D eigenvalue weighted by Gasteiger charge is 2.22. The Kier molecular flexibility index (Phi) is 3.26. The monoisotopic (exact) mass is 273 g/mol. The van der Waals surface area contributed by atoms with Gasteiger partial charge >= 0.3 is 0 Å². The Morgan fingerprint density at radius 2 is 2.33 bits per heavy atom. The Balaban J connectivity index is 2.40. The number of ether oxygens (including phenoxy) is 1. The second-order valence-corrected chi connectivity index (χ2v) is 4.58. The van der Waals surface area contributed by atoms with Crippen molar-refractivity contribution in [1.82, 2.24) is 5.32 Å². The lowest BCUT2D eigenvalue weighted by atomic mass is 10.0. The fraction of sp³-hybridized carbons (Fsp3) is 0.455. The van der Waals surface area contributed by atoms with Crippen LogP contribution in [0.1, 0.15) is 24.4 Å². The van der Waals surface area contributed by atoms with E-state index in [0.29, 0.717) is 11.3 Å². The molecule has 1 fully saturated rings. The number of rotatable bonds is 2. The van der Waals surface area contributed by atoms with Crippen LogP contribution in [0.15, 0.2) is 16.6 Å². The van der Waals surface area contributed by atoms with Gasteiger partial charge < -0.3 is 10.1 Å². The minimum Gasteiger partial charge on any atom is -0.494 e. The van der Waals surface area contributed by atoms with Crippen LogP contribution in [0.4, 0.5) is 4.39 Å². The molecule has 0 aromatic heterocycles. The lowest BCUT2D eigenvalue weighted by Crippen LogP contribution is -2.14. The van der Waals surface area contributed by atoms with Gasteiger partial charge in [-0.05, 0) is 31.5 Å². The molecule has 1 heterocycles. The molecule has 1 atom stereocenters. The fourth-order valence-electron chi connectivity index (χ4n) is 1.94. The van der Waals surface area contributed by atoms with Crippen molar-refractivity contribution in [1.29, 1.82) is 0 Å². The van der Waals surface area contributed by atoms with E-state index in [1.807, 2.05) is 6.07 Å². The quantitative estimate of drug-likeness (QED) is 0.895. The van der Waals surface area contributed by atoms with Gasteiger partial charge in [-0.15, -0.1) is 0 Å².